The first kappa shape index (κ1) is 15.3. The van der Waals surface area contributed by atoms with Gasteiger partial charge in [0, 0.05) is 18.3 Å². The molecule has 5 heteroatoms. The number of nitrogens with two attached hydrogens (primary N) is 1. The largest absolute Gasteiger partial charge is 0.348 e. The van der Waals surface area contributed by atoms with Crippen LogP contribution in [0.15, 0.2) is 36.5 Å². The van der Waals surface area contributed by atoms with E-state index in [4.69, 9.17) is 5.73 Å². The zero-order valence-electron chi connectivity index (χ0n) is 12.7. The minimum Gasteiger partial charge on any atom is -0.348 e. The smallest absolute Gasteiger partial charge is 0.237 e. The lowest BCUT2D eigenvalue weighted by Gasteiger charge is -2.17. The molecule has 0 aliphatic rings. The van der Waals surface area contributed by atoms with Crippen molar-refractivity contribution >= 4 is 5.91 Å². The third-order valence-electron chi connectivity index (χ3n) is 3.73. The Bertz CT molecular complexity index is 606. The van der Waals surface area contributed by atoms with E-state index in [1.54, 1.807) is 10.9 Å². The Morgan fingerprint density at radius 2 is 2.05 bits per heavy atom. The van der Waals surface area contributed by atoms with Crippen molar-refractivity contribution < 1.29 is 4.79 Å². The van der Waals surface area contributed by atoms with Gasteiger partial charge in [-0.1, -0.05) is 30.3 Å². The molecule has 0 fully saturated rings. The number of aromatic nitrogens is 2. The van der Waals surface area contributed by atoms with Gasteiger partial charge in [-0.25, -0.2) is 0 Å². The first-order chi connectivity index (χ1) is 9.99. The number of amides is 1. The molecule has 112 valence electrons. The van der Waals surface area contributed by atoms with Gasteiger partial charge in [-0.05, 0) is 25.8 Å². The second kappa shape index (κ2) is 6.54. The van der Waals surface area contributed by atoms with Crippen LogP contribution in [0.5, 0.6) is 0 Å². The summed E-state index contributed by atoms with van der Waals surface area (Å²) in [6.07, 6.45) is 2.31. The van der Waals surface area contributed by atoms with Crippen LogP contribution >= 0.6 is 0 Å². The summed E-state index contributed by atoms with van der Waals surface area (Å²) in [6, 6.07) is 9.13. The average Bonchev–Trinajstić information content (AvgIpc) is 2.80. The van der Waals surface area contributed by atoms with Crippen molar-refractivity contribution in [2.45, 2.75) is 32.4 Å². The van der Waals surface area contributed by atoms with Gasteiger partial charge in [-0.3, -0.25) is 9.48 Å². The summed E-state index contributed by atoms with van der Waals surface area (Å²) < 4.78 is 1.79. The minimum absolute atomic E-state index is 0.104. The molecule has 1 aromatic heterocycles. The molecule has 21 heavy (non-hydrogen) atoms. The summed E-state index contributed by atoms with van der Waals surface area (Å²) in [7, 11) is 1.88. The van der Waals surface area contributed by atoms with E-state index in [0.717, 1.165) is 16.8 Å². The SMILES string of the molecule is Cc1c(C(C)NC(=O)C(N)Cc2ccccc2)cnn1C. The molecule has 3 N–H and O–H groups in total. The van der Waals surface area contributed by atoms with Crippen molar-refractivity contribution in [1.29, 1.82) is 0 Å². The second-order valence-corrected chi connectivity index (χ2v) is 5.34. The Hall–Kier alpha value is -2.14. The predicted molar refractivity (Wildman–Crippen MR) is 82.6 cm³/mol. The molecule has 2 unspecified atom stereocenters. The summed E-state index contributed by atoms with van der Waals surface area (Å²) in [5, 5.41) is 7.14. The van der Waals surface area contributed by atoms with Crippen LogP contribution in [0.4, 0.5) is 0 Å². The van der Waals surface area contributed by atoms with Crippen LogP contribution < -0.4 is 11.1 Å². The molecular formula is C16H22N4O. The molecule has 5 nitrogen and oxygen atoms in total. The lowest BCUT2D eigenvalue weighted by Crippen LogP contribution is -2.43. The van der Waals surface area contributed by atoms with Crippen molar-refractivity contribution in [2.24, 2.45) is 12.8 Å². The van der Waals surface area contributed by atoms with E-state index in [0.29, 0.717) is 6.42 Å². The van der Waals surface area contributed by atoms with Crippen molar-refractivity contribution in [3.05, 3.63) is 53.3 Å². The highest BCUT2D eigenvalue weighted by Crippen LogP contribution is 2.16. The minimum atomic E-state index is -0.549. The van der Waals surface area contributed by atoms with E-state index in [1.807, 2.05) is 51.2 Å². The number of aryl methyl sites for hydroxylation is 1. The number of carbonyl (C=O) groups excluding carboxylic acids is 1. The maximum atomic E-state index is 12.2. The van der Waals surface area contributed by atoms with Crippen molar-refractivity contribution in [3.63, 3.8) is 0 Å². The van der Waals surface area contributed by atoms with Crippen LogP contribution in [0.25, 0.3) is 0 Å². The summed E-state index contributed by atoms with van der Waals surface area (Å²) >= 11 is 0. The van der Waals surface area contributed by atoms with Crippen LogP contribution in [0, 0.1) is 6.92 Å². The fraction of sp³-hybridized carbons (Fsp3) is 0.375. The number of benzene rings is 1. The molecule has 0 aliphatic carbocycles. The highest BCUT2D eigenvalue weighted by atomic mass is 16.2. The van der Waals surface area contributed by atoms with Crippen LogP contribution in [-0.4, -0.2) is 21.7 Å². The number of nitrogens with one attached hydrogen (secondary N) is 1. The fourth-order valence-electron chi connectivity index (χ4n) is 2.30. The summed E-state index contributed by atoms with van der Waals surface area (Å²) in [5.41, 5.74) is 9.10. The fourth-order valence-corrected chi connectivity index (χ4v) is 2.30. The number of nitrogens with zero attached hydrogens (tertiary/aromatic N) is 2. The van der Waals surface area contributed by atoms with Gasteiger partial charge in [0.25, 0.3) is 0 Å². The Labute approximate surface area is 125 Å². The Kier molecular flexibility index (Phi) is 4.75. The summed E-state index contributed by atoms with van der Waals surface area (Å²) in [6.45, 7) is 3.92. The zero-order valence-corrected chi connectivity index (χ0v) is 12.7. The zero-order chi connectivity index (χ0) is 15.4. The first-order valence-electron chi connectivity index (χ1n) is 7.07. The summed E-state index contributed by atoms with van der Waals surface area (Å²) in [5.74, 6) is -0.144. The first-order valence-corrected chi connectivity index (χ1v) is 7.07. The van der Waals surface area contributed by atoms with Crippen LogP contribution in [-0.2, 0) is 18.3 Å². The van der Waals surface area contributed by atoms with Gasteiger partial charge in [0.1, 0.15) is 0 Å². The molecule has 0 spiro atoms. The van der Waals surface area contributed by atoms with Gasteiger partial charge in [0.05, 0.1) is 18.3 Å². The van der Waals surface area contributed by atoms with E-state index in [2.05, 4.69) is 10.4 Å². The van der Waals surface area contributed by atoms with Crippen LogP contribution in [0.3, 0.4) is 0 Å². The quantitative estimate of drug-likeness (QED) is 0.874. The topological polar surface area (TPSA) is 72.9 Å². The highest BCUT2D eigenvalue weighted by Gasteiger charge is 2.19. The molecule has 1 amide bonds. The van der Waals surface area contributed by atoms with Gasteiger partial charge in [0.15, 0.2) is 0 Å². The third kappa shape index (κ3) is 3.70. The van der Waals surface area contributed by atoms with Crippen LogP contribution in [0.1, 0.15) is 29.8 Å². The average molecular weight is 286 g/mol. The van der Waals surface area contributed by atoms with Gasteiger partial charge >= 0.3 is 0 Å². The molecule has 0 aliphatic heterocycles. The lowest BCUT2D eigenvalue weighted by atomic mass is 10.0. The predicted octanol–water partition coefficient (Wildman–Crippen LogP) is 1.48. The van der Waals surface area contributed by atoms with E-state index in [9.17, 15) is 4.79 Å². The number of carbonyl (C=O) groups is 1. The molecule has 1 heterocycles. The molecule has 1 aromatic carbocycles. The van der Waals surface area contributed by atoms with Gasteiger partial charge in [-0.2, -0.15) is 5.10 Å². The molecule has 2 atom stereocenters. The van der Waals surface area contributed by atoms with Crippen LogP contribution in [0.2, 0.25) is 0 Å². The maximum absolute atomic E-state index is 12.2. The van der Waals surface area contributed by atoms with E-state index < -0.39 is 6.04 Å². The van der Waals surface area contributed by atoms with E-state index >= 15 is 0 Å². The molecular weight excluding hydrogens is 264 g/mol. The van der Waals surface area contributed by atoms with Crippen molar-refractivity contribution in [3.8, 4) is 0 Å². The number of hydrogen-bond donors (Lipinski definition) is 2. The molecule has 2 aromatic rings. The lowest BCUT2D eigenvalue weighted by molar-refractivity contribution is -0.123. The Morgan fingerprint density at radius 3 is 2.62 bits per heavy atom. The monoisotopic (exact) mass is 286 g/mol. The van der Waals surface area contributed by atoms with Gasteiger partial charge in [-0.15, -0.1) is 0 Å². The van der Waals surface area contributed by atoms with Crippen molar-refractivity contribution in [2.75, 3.05) is 0 Å². The van der Waals surface area contributed by atoms with E-state index in [1.165, 1.54) is 0 Å². The third-order valence-corrected chi connectivity index (χ3v) is 3.73. The molecule has 0 radical (unpaired) electrons. The second-order valence-electron chi connectivity index (χ2n) is 5.34. The Balaban J connectivity index is 1.96. The highest BCUT2D eigenvalue weighted by molar-refractivity contribution is 5.82. The molecule has 2 rings (SSSR count). The van der Waals surface area contributed by atoms with Crippen molar-refractivity contribution in [1.82, 2.24) is 15.1 Å². The van der Waals surface area contributed by atoms with Gasteiger partial charge in [0.2, 0.25) is 5.91 Å². The molecule has 0 saturated heterocycles. The summed E-state index contributed by atoms with van der Waals surface area (Å²) in [4.78, 5) is 12.2. The van der Waals surface area contributed by atoms with E-state index in [-0.39, 0.29) is 11.9 Å². The number of rotatable bonds is 5. The normalized spacial score (nSPS) is 13.7. The molecule has 0 saturated carbocycles. The Morgan fingerprint density at radius 1 is 1.38 bits per heavy atom. The maximum Gasteiger partial charge on any atom is 0.237 e. The molecule has 0 bridgehead atoms. The van der Waals surface area contributed by atoms with Gasteiger partial charge < -0.3 is 11.1 Å². The standard InChI is InChI=1S/C16H22N4O/c1-11(14-10-18-20(3)12(14)2)19-16(21)15(17)9-13-7-5-4-6-8-13/h4-8,10-11,15H,9,17H2,1-3H3,(H,19,21). The number of hydrogen-bond acceptors (Lipinski definition) is 3.